The molecule has 3 aromatic carbocycles. The molecule has 1 N–H and O–H groups in total. The number of piperidine rings is 2. The fraction of sp³-hybridized carbons (Fsp3) is 0.521. The highest BCUT2D eigenvalue weighted by molar-refractivity contribution is 9.10. The normalized spacial score (nSPS) is 24.5. The second kappa shape index (κ2) is 16.3. The monoisotopic (exact) mass is 894 g/mol. The minimum absolute atomic E-state index is 0.0468. The molecule has 320 valence electrons. The number of halogens is 3. The first-order valence-corrected chi connectivity index (χ1v) is 23.3. The van der Waals surface area contributed by atoms with Crippen LogP contribution in [0.15, 0.2) is 57.8 Å². The van der Waals surface area contributed by atoms with E-state index in [9.17, 15) is 19.2 Å². The van der Waals surface area contributed by atoms with Gasteiger partial charge in [0.2, 0.25) is 17.7 Å². The maximum atomic E-state index is 15.2. The molecule has 61 heavy (non-hydrogen) atoms. The Labute approximate surface area is 363 Å². The van der Waals surface area contributed by atoms with E-state index in [2.05, 4.69) is 55.0 Å². The quantitative estimate of drug-likeness (QED) is 0.197. The third-order valence-corrected chi connectivity index (χ3v) is 15.8. The van der Waals surface area contributed by atoms with Crippen LogP contribution in [0.3, 0.4) is 0 Å². The van der Waals surface area contributed by atoms with Crippen LogP contribution in [-0.2, 0) is 19.8 Å². The summed E-state index contributed by atoms with van der Waals surface area (Å²) < 4.78 is 33.5. The smallest absolute Gasteiger partial charge is 0.281 e. The predicted octanol–water partition coefficient (Wildman–Crippen LogP) is 7.84. The average molecular weight is 896 g/mol. The van der Waals surface area contributed by atoms with Crippen LogP contribution in [0.1, 0.15) is 118 Å². The fourth-order valence-corrected chi connectivity index (χ4v) is 12.4. The number of aromatic nitrogens is 2. The molecule has 5 fully saturated rings. The Kier molecular flexibility index (Phi) is 10.9. The third-order valence-electron chi connectivity index (χ3n) is 15.2. The predicted molar refractivity (Wildman–Crippen MR) is 233 cm³/mol. The Morgan fingerprint density at radius 2 is 1.56 bits per heavy atom. The summed E-state index contributed by atoms with van der Waals surface area (Å²) >= 11 is 3.64. The summed E-state index contributed by atoms with van der Waals surface area (Å²) in [5.74, 6) is -1.58. The molecule has 2 aliphatic carbocycles. The van der Waals surface area contributed by atoms with Gasteiger partial charge >= 0.3 is 0 Å². The van der Waals surface area contributed by atoms with Crippen molar-refractivity contribution >= 4 is 50.2 Å². The number of imide groups is 1. The molecule has 3 amide bonds. The summed E-state index contributed by atoms with van der Waals surface area (Å²) in [7, 11) is 0. The van der Waals surface area contributed by atoms with E-state index in [-0.39, 0.29) is 41.2 Å². The van der Waals surface area contributed by atoms with Crippen molar-refractivity contribution in [2.75, 3.05) is 50.7 Å². The topological polar surface area (TPSA) is 108 Å². The van der Waals surface area contributed by atoms with E-state index in [1.54, 1.807) is 0 Å². The first-order valence-electron chi connectivity index (χ1n) is 22.5. The van der Waals surface area contributed by atoms with Crippen LogP contribution < -0.4 is 15.8 Å². The summed E-state index contributed by atoms with van der Waals surface area (Å²) in [6.07, 6.45) is 11.6. The maximum absolute atomic E-state index is 15.2. The van der Waals surface area contributed by atoms with Crippen molar-refractivity contribution in [2.24, 2.45) is 11.8 Å². The molecular weight excluding hydrogens is 842 g/mol. The number of fused-ring (bicyclic) bond motifs is 7. The minimum Gasteiger partial charge on any atom is -0.371 e. The summed E-state index contributed by atoms with van der Waals surface area (Å²) in [6, 6.07) is 15.7. The van der Waals surface area contributed by atoms with E-state index in [4.69, 9.17) is 4.98 Å². The van der Waals surface area contributed by atoms with Crippen LogP contribution in [0.4, 0.5) is 14.5 Å². The lowest BCUT2D eigenvalue weighted by atomic mass is 9.69. The van der Waals surface area contributed by atoms with Crippen LogP contribution in [0.2, 0.25) is 0 Å². The van der Waals surface area contributed by atoms with Crippen molar-refractivity contribution < 1.29 is 23.2 Å². The molecule has 6 aliphatic rings. The van der Waals surface area contributed by atoms with Gasteiger partial charge in [-0.25, -0.2) is 8.78 Å². The van der Waals surface area contributed by atoms with E-state index in [0.717, 1.165) is 87.1 Å². The highest BCUT2D eigenvalue weighted by Crippen LogP contribution is 2.52. The van der Waals surface area contributed by atoms with Gasteiger partial charge in [-0.15, -0.1) is 0 Å². The average Bonchev–Trinajstić information content (AvgIpc) is 3.52. The molecule has 10 rings (SSSR count). The number of amides is 3. The minimum atomic E-state index is -1.03. The van der Waals surface area contributed by atoms with Gasteiger partial charge in [0.1, 0.15) is 17.5 Å². The molecule has 1 spiro atoms. The van der Waals surface area contributed by atoms with Crippen LogP contribution in [0.25, 0.3) is 16.6 Å². The van der Waals surface area contributed by atoms with Crippen molar-refractivity contribution in [1.29, 1.82) is 0 Å². The van der Waals surface area contributed by atoms with E-state index in [1.165, 1.54) is 48.2 Å². The second-order valence-electron chi connectivity index (χ2n) is 18.6. The van der Waals surface area contributed by atoms with E-state index in [1.807, 2.05) is 21.9 Å². The van der Waals surface area contributed by atoms with Gasteiger partial charge < -0.3 is 9.80 Å². The Bertz CT molecular complexity index is 2440. The van der Waals surface area contributed by atoms with Crippen molar-refractivity contribution in [3.63, 3.8) is 0 Å². The molecule has 13 heteroatoms. The number of piperazine rings is 1. The molecule has 1 aromatic heterocycles. The van der Waals surface area contributed by atoms with E-state index >= 15 is 8.78 Å². The number of benzene rings is 3. The number of nitrogens with one attached hydrogen (secondary N) is 1. The number of carbonyl (C=O) groups excluding carboxylic acids is 3. The maximum Gasteiger partial charge on any atom is 0.281 e. The van der Waals surface area contributed by atoms with E-state index in [0.29, 0.717) is 48.8 Å². The molecular formula is C48H53BrF2N6O4. The zero-order valence-electron chi connectivity index (χ0n) is 34.6. The number of carbonyl (C=O) groups is 3. The Balaban J connectivity index is 0.725. The highest BCUT2D eigenvalue weighted by atomic mass is 79.9. The van der Waals surface area contributed by atoms with Gasteiger partial charge in [-0.1, -0.05) is 37.5 Å². The van der Waals surface area contributed by atoms with Crippen LogP contribution >= 0.6 is 15.9 Å². The molecule has 5 heterocycles. The van der Waals surface area contributed by atoms with Gasteiger partial charge in [-0.2, -0.15) is 4.98 Å². The number of rotatable bonds is 6. The summed E-state index contributed by atoms with van der Waals surface area (Å²) in [6.45, 7) is 5.27. The van der Waals surface area contributed by atoms with Gasteiger partial charge in [0.05, 0.1) is 27.9 Å². The largest absolute Gasteiger partial charge is 0.371 e. The lowest BCUT2D eigenvalue weighted by Gasteiger charge is -2.40. The van der Waals surface area contributed by atoms with Crippen LogP contribution in [0.5, 0.6) is 0 Å². The van der Waals surface area contributed by atoms with Gasteiger partial charge in [0, 0.05) is 73.9 Å². The summed E-state index contributed by atoms with van der Waals surface area (Å²) in [5, 5.41) is 2.83. The second-order valence-corrected chi connectivity index (χ2v) is 19.4. The Morgan fingerprint density at radius 1 is 0.836 bits per heavy atom. The number of hydrogen-bond donors (Lipinski definition) is 1. The number of nitrogens with zero attached hydrogens (tertiary/aromatic N) is 5. The summed E-state index contributed by atoms with van der Waals surface area (Å²) in [4.78, 5) is 62.2. The van der Waals surface area contributed by atoms with Gasteiger partial charge in [-0.3, -0.25) is 34.0 Å². The van der Waals surface area contributed by atoms with Crippen molar-refractivity contribution in [3.8, 4) is 5.69 Å². The van der Waals surface area contributed by atoms with E-state index < -0.39 is 29.4 Å². The van der Waals surface area contributed by atoms with Crippen molar-refractivity contribution in [1.82, 2.24) is 24.7 Å². The van der Waals surface area contributed by atoms with Crippen LogP contribution in [-0.4, -0.2) is 82.9 Å². The molecule has 4 aliphatic heterocycles. The van der Waals surface area contributed by atoms with Crippen LogP contribution in [0, 0.1) is 23.5 Å². The first-order chi connectivity index (χ1) is 29.6. The number of anilines is 1. The molecule has 10 nitrogen and oxygen atoms in total. The van der Waals surface area contributed by atoms with Gasteiger partial charge in [0.25, 0.3) is 5.56 Å². The highest BCUT2D eigenvalue weighted by Gasteiger charge is 2.47. The van der Waals surface area contributed by atoms with Gasteiger partial charge in [-0.05, 0) is 127 Å². The SMILES string of the molecule is O=C1CCC(c2c(F)cc(N3CCC(C(=O)N4CCN(CC5CCC(c6ccc7c(c6)-n6c(nc(=O)c8c(Br)cccc86)C76CCCCC6)CC5)CC4)CC3)cc2F)C(=O)N1. The van der Waals surface area contributed by atoms with Crippen molar-refractivity contribution in [3.05, 3.63) is 97.5 Å². The summed E-state index contributed by atoms with van der Waals surface area (Å²) in [5.41, 5.74) is 4.62. The molecule has 1 unspecified atom stereocenters. The molecule has 4 aromatic rings. The first kappa shape index (κ1) is 40.6. The zero-order chi connectivity index (χ0) is 42.0. The number of hydrogen-bond acceptors (Lipinski definition) is 7. The molecule has 2 saturated carbocycles. The van der Waals surface area contributed by atoms with Crippen molar-refractivity contribution in [2.45, 2.75) is 101 Å². The third kappa shape index (κ3) is 7.30. The molecule has 3 saturated heterocycles. The Morgan fingerprint density at radius 3 is 2.26 bits per heavy atom. The lowest BCUT2D eigenvalue weighted by Crippen LogP contribution is -2.52. The Hall–Kier alpha value is -4.49. The molecule has 0 bridgehead atoms. The van der Waals surface area contributed by atoms with Gasteiger partial charge in [0.15, 0.2) is 0 Å². The lowest BCUT2D eigenvalue weighted by molar-refractivity contribution is -0.138. The molecule has 1 atom stereocenters. The standard InChI is InChI=1S/C48H53BrF2N6O4/c49-36-5-4-6-39-43(36)45(60)53-47-48(17-2-1-3-18-48)35-13-11-32(25-40(35)57(39)47)30-9-7-29(8-10-30)28-54-21-23-56(24-22-54)46(61)31-15-19-55(20-16-31)33-26-37(50)42(38(51)27-33)34-12-14-41(58)52-44(34)59/h4-6,11,13,25-27,29-31,34H,1-3,7-10,12,14-24,28H2,(H,52,58,59). The molecule has 0 radical (unpaired) electrons. The zero-order valence-corrected chi connectivity index (χ0v) is 36.2. The fourth-order valence-electron chi connectivity index (χ4n) is 11.8.